The predicted molar refractivity (Wildman–Crippen MR) is 143 cm³/mol. The number of hydrogen-bond acceptors (Lipinski definition) is 7. The molecule has 37 heavy (non-hydrogen) atoms. The number of carbonyl (C=O) groups excluding carboxylic acids is 1. The summed E-state index contributed by atoms with van der Waals surface area (Å²) in [7, 11) is 1.90. The molecule has 1 amide bonds. The fraction of sp³-hybridized carbons (Fsp3) is 0.296. The molecule has 2 N–H and O–H groups in total. The van der Waals surface area contributed by atoms with Crippen LogP contribution in [0.5, 0.6) is 5.75 Å². The number of nitrogens with zero attached hydrogens (tertiary/aromatic N) is 4. The van der Waals surface area contributed by atoms with Gasteiger partial charge >= 0.3 is 0 Å². The SMILES string of the molecule is CNCCOc1ccc(N2CCC[C@@H]2c2csc(NC(=O)c3cccn3Cc3ccnc(F)c3)n2)cc1. The van der Waals surface area contributed by atoms with Crippen molar-refractivity contribution < 1.29 is 13.9 Å². The van der Waals surface area contributed by atoms with E-state index in [4.69, 9.17) is 9.72 Å². The van der Waals surface area contributed by atoms with Crippen LogP contribution in [0.3, 0.4) is 0 Å². The second kappa shape index (κ2) is 11.5. The molecule has 5 rings (SSSR count). The van der Waals surface area contributed by atoms with Crippen LogP contribution >= 0.6 is 11.3 Å². The van der Waals surface area contributed by atoms with Crippen molar-refractivity contribution in [1.29, 1.82) is 0 Å². The third-order valence-electron chi connectivity index (χ3n) is 6.33. The molecule has 4 heterocycles. The van der Waals surface area contributed by atoms with Gasteiger partial charge in [0.2, 0.25) is 5.95 Å². The Morgan fingerprint density at radius 1 is 1.24 bits per heavy atom. The van der Waals surface area contributed by atoms with Crippen LogP contribution in [-0.2, 0) is 6.54 Å². The number of ether oxygens (including phenoxy) is 1. The summed E-state index contributed by atoms with van der Waals surface area (Å²) >= 11 is 1.42. The Labute approximate surface area is 219 Å². The van der Waals surface area contributed by atoms with Gasteiger partial charge in [-0.3, -0.25) is 10.1 Å². The standard InChI is InChI=1S/C27H29FN6O2S/c1-29-12-15-36-21-8-6-20(7-9-21)34-14-3-4-23(34)22-18-37-27(31-22)32-26(35)24-5-2-13-33(24)17-19-10-11-30-25(28)16-19/h2,5-11,13,16,18,23,29H,3-4,12,14-15,17H2,1H3,(H,31,32,35)/t23-/m1/s1. The minimum atomic E-state index is -0.541. The molecule has 0 spiro atoms. The largest absolute Gasteiger partial charge is 0.492 e. The summed E-state index contributed by atoms with van der Waals surface area (Å²) in [6, 6.07) is 15.0. The highest BCUT2D eigenvalue weighted by Crippen LogP contribution is 2.37. The molecule has 1 aliphatic rings. The molecule has 0 aliphatic carbocycles. The number of hydrogen-bond donors (Lipinski definition) is 2. The maximum atomic E-state index is 13.5. The number of halogens is 1. The van der Waals surface area contributed by atoms with E-state index in [0.29, 0.717) is 24.0 Å². The van der Waals surface area contributed by atoms with E-state index in [2.05, 4.69) is 32.7 Å². The predicted octanol–water partition coefficient (Wildman–Crippen LogP) is 4.72. The Morgan fingerprint density at radius 2 is 2.11 bits per heavy atom. The van der Waals surface area contributed by atoms with Crippen LogP contribution in [0.2, 0.25) is 0 Å². The van der Waals surface area contributed by atoms with Gasteiger partial charge in [-0.15, -0.1) is 11.3 Å². The number of carbonyl (C=O) groups is 1. The molecule has 192 valence electrons. The number of anilines is 2. The van der Waals surface area contributed by atoms with Gasteiger partial charge in [0.05, 0.1) is 11.7 Å². The van der Waals surface area contributed by atoms with Crippen LogP contribution in [0.25, 0.3) is 0 Å². The maximum absolute atomic E-state index is 13.5. The highest BCUT2D eigenvalue weighted by Gasteiger charge is 2.28. The van der Waals surface area contributed by atoms with Crippen molar-refractivity contribution in [3.05, 3.63) is 89.2 Å². The van der Waals surface area contributed by atoms with Crippen molar-refractivity contribution in [2.24, 2.45) is 0 Å². The van der Waals surface area contributed by atoms with Crippen LogP contribution in [0.4, 0.5) is 15.2 Å². The van der Waals surface area contributed by atoms with Gasteiger partial charge in [-0.05, 0) is 74.0 Å². The average Bonchev–Trinajstić information content (AvgIpc) is 3.66. The smallest absolute Gasteiger partial charge is 0.274 e. The van der Waals surface area contributed by atoms with Crippen LogP contribution in [0.15, 0.2) is 66.3 Å². The lowest BCUT2D eigenvalue weighted by atomic mass is 10.1. The van der Waals surface area contributed by atoms with Crippen LogP contribution < -0.4 is 20.3 Å². The highest BCUT2D eigenvalue weighted by molar-refractivity contribution is 7.14. The van der Waals surface area contributed by atoms with E-state index in [1.54, 1.807) is 29.0 Å². The molecule has 4 aromatic rings. The molecular formula is C27H29FN6O2S. The summed E-state index contributed by atoms with van der Waals surface area (Å²) in [5.74, 6) is 0.0607. The van der Waals surface area contributed by atoms with Crippen LogP contribution in [0.1, 0.15) is 40.6 Å². The van der Waals surface area contributed by atoms with E-state index >= 15 is 0 Å². The summed E-state index contributed by atoms with van der Waals surface area (Å²) in [4.78, 5) is 23.7. The van der Waals surface area contributed by atoms with Crippen molar-refractivity contribution in [2.45, 2.75) is 25.4 Å². The molecule has 1 atom stereocenters. The summed E-state index contributed by atoms with van der Waals surface area (Å²) < 4.78 is 21.0. The number of pyridine rings is 1. The highest BCUT2D eigenvalue weighted by atomic mass is 32.1. The van der Waals surface area contributed by atoms with Gasteiger partial charge in [0.25, 0.3) is 5.91 Å². The van der Waals surface area contributed by atoms with E-state index in [-0.39, 0.29) is 11.9 Å². The van der Waals surface area contributed by atoms with Gasteiger partial charge in [-0.1, -0.05) is 0 Å². The summed E-state index contributed by atoms with van der Waals surface area (Å²) in [6.45, 7) is 2.75. The van der Waals surface area contributed by atoms with Crippen molar-refractivity contribution >= 4 is 28.1 Å². The molecule has 8 nitrogen and oxygen atoms in total. The topological polar surface area (TPSA) is 84.3 Å². The number of aromatic nitrogens is 3. The van der Waals surface area contributed by atoms with Crippen molar-refractivity contribution in [3.63, 3.8) is 0 Å². The normalized spacial score (nSPS) is 15.2. The minimum Gasteiger partial charge on any atom is -0.492 e. The lowest BCUT2D eigenvalue weighted by molar-refractivity contribution is 0.101. The summed E-state index contributed by atoms with van der Waals surface area (Å²) in [5.41, 5.74) is 3.30. The fourth-order valence-electron chi connectivity index (χ4n) is 4.54. The van der Waals surface area contributed by atoms with Crippen molar-refractivity contribution in [3.8, 4) is 5.75 Å². The van der Waals surface area contributed by atoms with Gasteiger partial charge in [0.1, 0.15) is 18.1 Å². The first kappa shape index (κ1) is 24.9. The molecule has 3 aromatic heterocycles. The zero-order chi connectivity index (χ0) is 25.6. The lowest BCUT2D eigenvalue weighted by Crippen LogP contribution is -2.23. The Hall–Kier alpha value is -3.76. The zero-order valence-corrected chi connectivity index (χ0v) is 21.4. The van der Waals surface area contributed by atoms with E-state index < -0.39 is 5.95 Å². The fourth-order valence-corrected chi connectivity index (χ4v) is 5.29. The number of thiazole rings is 1. The van der Waals surface area contributed by atoms with E-state index in [1.165, 1.54) is 23.6 Å². The zero-order valence-electron chi connectivity index (χ0n) is 20.6. The van der Waals surface area contributed by atoms with E-state index in [1.807, 2.05) is 24.6 Å². The number of rotatable bonds is 10. The first-order chi connectivity index (χ1) is 18.1. The Bertz CT molecular complexity index is 1340. The lowest BCUT2D eigenvalue weighted by Gasteiger charge is -2.25. The maximum Gasteiger partial charge on any atom is 0.274 e. The number of benzene rings is 1. The number of nitrogens with one attached hydrogen (secondary N) is 2. The van der Waals surface area contributed by atoms with Crippen LogP contribution in [-0.4, -0.2) is 47.2 Å². The molecule has 1 aromatic carbocycles. The first-order valence-corrected chi connectivity index (χ1v) is 13.1. The molecular weight excluding hydrogens is 491 g/mol. The molecule has 1 fully saturated rings. The summed E-state index contributed by atoms with van der Waals surface area (Å²) in [5, 5.41) is 8.58. The Morgan fingerprint density at radius 3 is 2.92 bits per heavy atom. The quantitative estimate of drug-likeness (QED) is 0.233. The minimum absolute atomic E-state index is 0.156. The van der Waals surface area contributed by atoms with Crippen molar-refractivity contribution in [2.75, 3.05) is 37.0 Å². The van der Waals surface area contributed by atoms with Crippen LogP contribution in [0, 0.1) is 5.95 Å². The second-order valence-electron chi connectivity index (χ2n) is 8.84. The van der Waals surface area contributed by atoms with Gasteiger partial charge in [0.15, 0.2) is 5.13 Å². The van der Waals surface area contributed by atoms with E-state index in [0.717, 1.165) is 48.6 Å². The second-order valence-corrected chi connectivity index (χ2v) is 9.70. The van der Waals surface area contributed by atoms with Gasteiger partial charge in [-0.25, -0.2) is 9.97 Å². The molecule has 1 saturated heterocycles. The van der Waals surface area contributed by atoms with E-state index in [9.17, 15) is 9.18 Å². The Kier molecular flexibility index (Phi) is 7.76. The Balaban J connectivity index is 1.24. The summed E-state index contributed by atoms with van der Waals surface area (Å²) in [6.07, 6.45) is 5.30. The molecule has 10 heteroatoms. The molecule has 1 aliphatic heterocycles. The molecule has 0 radical (unpaired) electrons. The first-order valence-electron chi connectivity index (χ1n) is 12.3. The average molecular weight is 521 g/mol. The van der Waals surface area contributed by atoms with Crippen molar-refractivity contribution in [1.82, 2.24) is 19.9 Å². The van der Waals surface area contributed by atoms with Gasteiger partial charge in [-0.2, -0.15) is 4.39 Å². The van der Waals surface area contributed by atoms with Gasteiger partial charge in [0, 0.05) is 43.1 Å². The third kappa shape index (κ3) is 5.98. The third-order valence-corrected chi connectivity index (χ3v) is 7.11. The molecule has 0 bridgehead atoms. The molecule has 0 saturated carbocycles. The number of likely N-dealkylation sites (N-methyl/N-ethyl adjacent to an activating group) is 1. The van der Waals surface area contributed by atoms with Gasteiger partial charge < -0.3 is 19.5 Å². The number of amides is 1. The monoisotopic (exact) mass is 520 g/mol. The molecule has 0 unspecified atom stereocenters.